The van der Waals surface area contributed by atoms with Gasteiger partial charge in [-0.05, 0) is 58.4 Å². The quantitative estimate of drug-likeness (QED) is 0.136. The maximum Gasteiger partial charge on any atom is 0.326 e. The third kappa shape index (κ3) is 10.7. The standard InChI is InChI=1S/C36H44FN5O4S/c1-4-25(2)33(40-34(43)18-30-19-38-24-42(30)20-26-12-14-29(37)15-13-26)22-41(23-35(44)39-32(36(45)46)16-17-47-3)21-28-10-7-9-27-8-5-6-11-31(27)28/h5-15,19,24-25,32-33H,4,16-18,20-23H2,1-3H3,(H,39,44)(H,40,43)(H,45,46)/t25?,32-,33+/m0/s1. The van der Waals surface area contributed by atoms with Crippen molar-refractivity contribution in [1.82, 2.24) is 25.1 Å². The van der Waals surface area contributed by atoms with E-state index in [9.17, 15) is 23.9 Å². The lowest BCUT2D eigenvalue weighted by atomic mass is 9.97. The van der Waals surface area contributed by atoms with Gasteiger partial charge in [-0.2, -0.15) is 11.8 Å². The molecule has 3 atom stereocenters. The van der Waals surface area contributed by atoms with Crippen molar-refractivity contribution in [3.8, 4) is 0 Å². The molecular weight excluding hydrogens is 617 g/mol. The molecule has 0 aliphatic rings. The van der Waals surface area contributed by atoms with E-state index in [1.54, 1.807) is 24.7 Å². The fraction of sp³-hybridized carbons (Fsp3) is 0.389. The number of hydrogen-bond donors (Lipinski definition) is 3. The monoisotopic (exact) mass is 661 g/mol. The maximum atomic E-state index is 13.5. The Morgan fingerprint density at radius 1 is 1.02 bits per heavy atom. The largest absolute Gasteiger partial charge is 0.480 e. The van der Waals surface area contributed by atoms with Gasteiger partial charge in [-0.25, -0.2) is 14.2 Å². The normalized spacial score (nSPS) is 13.3. The summed E-state index contributed by atoms with van der Waals surface area (Å²) in [4.78, 5) is 44.9. The third-order valence-corrected chi connectivity index (χ3v) is 9.07. The second-order valence-electron chi connectivity index (χ2n) is 11.9. The number of carboxylic acid groups (broad SMARTS) is 1. The summed E-state index contributed by atoms with van der Waals surface area (Å²) in [5, 5.41) is 17.8. The topological polar surface area (TPSA) is 117 Å². The maximum absolute atomic E-state index is 13.5. The summed E-state index contributed by atoms with van der Waals surface area (Å²) in [5.41, 5.74) is 2.66. The first-order valence-corrected chi connectivity index (χ1v) is 17.3. The molecule has 250 valence electrons. The lowest BCUT2D eigenvalue weighted by Gasteiger charge is -2.31. The van der Waals surface area contributed by atoms with Crippen LogP contribution < -0.4 is 10.6 Å². The first-order chi connectivity index (χ1) is 22.7. The number of imidazole rings is 1. The van der Waals surface area contributed by atoms with E-state index >= 15 is 0 Å². The smallest absolute Gasteiger partial charge is 0.326 e. The number of nitrogens with one attached hydrogen (secondary N) is 2. The molecule has 0 saturated heterocycles. The van der Waals surface area contributed by atoms with Crippen LogP contribution in [0.4, 0.5) is 4.39 Å². The average molecular weight is 662 g/mol. The van der Waals surface area contributed by atoms with Crippen LogP contribution in [0.3, 0.4) is 0 Å². The molecule has 4 aromatic rings. The molecule has 0 radical (unpaired) electrons. The molecule has 2 amide bonds. The number of halogens is 1. The number of aromatic nitrogens is 2. The SMILES string of the molecule is CCC(C)[C@@H](CN(CC(=O)N[C@@H](CCSC)C(=O)O)Cc1cccc2ccccc12)NC(=O)Cc1cncn1Cc1ccc(F)cc1. The van der Waals surface area contributed by atoms with Gasteiger partial charge in [0.15, 0.2) is 0 Å². The number of carbonyl (C=O) groups excluding carboxylic acids is 2. The zero-order valence-electron chi connectivity index (χ0n) is 27.2. The molecule has 9 nitrogen and oxygen atoms in total. The van der Waals surface area contributed by atoms with E-state index in [-0.39, 0.29) is 42.6 Å². The molecule has 0 aliphatic carbocycles. The summed E-state index contributed by atoms with van der Waals surface area (Å²) in [5.74, 6) is -1.21. The lowest BCUT2D eigenvalue weighted by Crippen LogP contribution is -2.51. The summed E-state index contributed by atoms with van der Waals surface area (Å²) in [7, 11) is 0. The van der Waals surface area contributed by atoms with Gasteiger partial charge >= 0.3 is 5.97 Å². The summed E-state index contributed by atoms with van der Waals surface area (Å²) in [6.45, 7) is 5.38. The summed E-state index contributed by atoms with van der Waals surface area (Å²) in [6, 6.07) is 19.1. The van der Waals surface area contributed by atoms with E-state index < -0.39 is 12.0 Å². The number of carboxylic acids is 1. The van der Waals surface area contributed by atoms with Gasteiger partial charge in [-0.1, -0.05) is 74.9 Å². The minimum atomic E-state index is -1.06. The Morgan fingerprint density at radius 3 is 2.49 bits per heavy atom. The highest BCUT2D eigenvalue weighted by molar-refractivity contribution is 7.98. The molecule has 1 heterocycles. The van der Waals surface area contributed by atoms with Gasteiger partial charge in [-0.15, -0.1) is 0 Å². The van der Waals surface area contributed by atoms with Crippen LogP contribution >= 0.6 is 11.8 Å². The second-order valence-corrected chi connectivity index (χ2v) is 12.9. The lowest BCUT2D eigenvalue weighted by molar-refractivity contribution is -0.142. The molecule has 0 fully saturated rings. The first-order valence-electron chi connectivity index (χ1n) is 15.9. The molecule has 3 aromatic carbocycles. The van der Waals surface area contributed by atoms with Gasteiger partial charge in [0.05, 0.1) is 19.3 Å². The Kier molecular flexibility index (Phi) is 13.4. The number of amides is 2. The van der Waals surface area contributed by atoms with Crippen molar-refractivity contribution < 1.29 is 23.9 Å². The molecule has 0 saturated carbocycles. The number of thioether (sulfide) groups is 1. The number of carbonyl (C=O) groups is 3. The van der Waals surface area contributed by atoms with Gasteiger partial charge in [0.2, 0.25) is 11.8 Å². The Bertz CT molecular complexity index is 1620. The van der Waals surface area contributed by atoms with Crippen molar-refractivity contribution in [3.05, 3.63) is 102 Å². The summed E-state index contributed by atoms with van der Waals surface area (Å²) < 4.78 is 15.3. The van der Waals surface area contributed by atoms with E-state index in [2.05, 4.69) is 35.5 Å². The zero-order chi connectivity index (χ0) is 33.8. The van der Waals surface area contributed by atoms with E-state index in [0.717, 1.165) is 34.0 Å². The van der Waals surface area contributed by atoms with Crippen LogP contribution in [-0.2, 0) is 33.9 Å². The van der Waals surface area contributed by atoms with Gasteiger partial charge in [-0.3, -0.25) is 14.5 Å². The Labute approximate surface area is 279 Å². The molecule has 1 unspecified atom stereocenters. The van der Waals surface area contributed by atoms with E-state index in [0.29, 0.717) is 31.8 Å². The van der Waals surface area contributed by atoms with Gasteiger partial charge in [0.25, 0.3) is 0 Å². The number of fused-ring (bicyclic) bond motifs is 1. The van der Waals surface area contributed by atoms with Crippen LogP contribution in [0.1, 0.15) is 43.5 Å². The molecule has 0 bridgehead atoms. The van der Waals surface area contributed by atoms with Crippen LogP contribution in [0.25, 0.3) is 10.8 Å². The van der Waals surface area contributed by atoms with Crippen LogP contribution in [-0.4, -0.2) is 74.5 Å². The van der Waals surface area contributed by atoms with Crippen molar-refractivity contribution in [3.63, 3.8) is 0 Å². The van der Waals surface area contributed by atoms with Crippen molar-refractivity contribution in [2.24, 2.45) is 5.92 Å². The first kappa shape index (κ1) is 35.6. The van der Waals surface area contributed by atoms with E-state index in [1.165, 1.54) is 23.9 Å². The fourth-order valence-corrected chi connectivity index (χ4v) is 6.04. The van der Waals surface area contributed by atoms with Crippen LogP contribution in [0.2, 0.25) is 0 Å². The van der Waals surface area contributed by atoms with E-state index in [1.807, 2.05) is 52.1 Å². The minimum Gasteiger partial charge on any atom is -0.480 e. The summed E-state index contributed by atoms with van der Waals surface area (Å²) in [6.07, 6.45) is 6.45. The van der Waals surface area contributed by atoms with Crippen molar-refractivity contribution >= 4 is 40.3 Å². The molecular formula is C36H44FN5O4S. The molecule has 1 aromatic heterocycles. The predicted octanol–water partition coefficient (Wildman–Crippen LogP) is 5.12. The molecule has 0 aliphatic heterocycles. The second kappa shape index (κ2) is 17.6. The van der Waals surface area contributed by atoms with Crippen molar-refractivity contribution in [1.29, 1.82) is 0 Å². The average Bonchev–Trinajstić information content (AvgIpc) is 3.49. The Morgan fingerprint density at radius 2 is 1.77 bits per heavy atom. The van der Waals surface area contributed by atoms with E-state index in [4.69, 9.17) is 0 Å². The molecule has 47 heavy (non-hydrogen) atoms. The predicted molar refractivity (Wildman–Crippen MR) is 185 cm³/mol. The third-order valence-electron chi connectivity index (χ3n) is 8.42. The zero-order valence-corrected chi connectivity index (χ0v) is 28.0. The highest BCUT2D eigenvalue weighted by Crippen LogP contribution is 2.21. The number of nitrogens with zero attached hydrogens (tertiary/aromatic N) is 3. The summed E-state index contributed by atoms with van der Waals surface area (Å²) >= 11 is 1.53. The van der Waals surface area contributed by atoms with Gasteiger partial charge < -0.3 is 20.3 Å². The molecule has 0 spiro atoms. The van der Waals surface area contributed by atoms with Crippen LogP contribution in [0, 0.1) is 11.7 Å². The highest BCUT2D eigenvalue weighted by atomic mass is 32.2. The Hall–Kier alpha value is -4.22. The van der Waals surface area contributed by atoms with Crippen molar-refractivity contribution in [2.45, 2.75) is 58.3 Å². The highest BCUT2D eigenvalue weighted by Gasteiger charge is 2.26. The van der Waals surface area contributed by atoms with Crippen LogP contribution in [0.5, 0.6) is 0 Å². The van der Waals surface area contributed by atoms with Crippen LogP contribution in [0.15, 0.2) is 79.3 Å². The molecule has 3 N–H and O–H groups in total. The minimum absolute atomic E-state index is 0.0283. The number of rotatable bonds is 18. The fourth-order valence-electron chi connectivity index (χ4n) is 5.57. The van der Waals surface area contributed by atoms with Gasteiger partial charge in [0.1, 0.15) is 11.9 Å². The number of aliphatic carboxylic acids is 1. The van der Waals surface area contributed by atoms with Crippen molar-refractivity contribution in [2.75, 3.05) is 25.1 Å². The molecule has 11 heteroatoms. The number of hydrogen-bond acceptors (Lipinski definition) is 6. The Balaban J connectivity index is 1.52. The molecule has 4 rings (SSSR count). The van der Waals surface area contributed by atoms with Gasteiger partial charge in [0, 0.05) is 37.6 Å². The number of benzene rings is 3.